The van der Waals surface area contributed by atoms with E-state index >= 15 is 0 Å². The van der Waals surface area contributed by atoms with Gasteiger partial charge in [-0.05, 0) is 60.5 Å². The zero-order valence-corrected chi connectivity index (χ0v) is 23.3. The summed E-state index contributed by atoms with van der Waals surface area (Å²) in [6.07, 6.45) is 0.735. The van der Waals surface area contributed by atoms with Gasteiger partial charge >= 0.3 is 0 Å². The molecule has 37 heavy (non-hydrogen) atoms. The summed E-state index contributed by atoms with van der Waals surface area (Å²) in [5.74, 6) is 1.04. The second kappa shape index (κ2) is 11.7. The minimum Gasteiger partial charge on any atom is -0.493 e. The largest absolute Gasteiger partial charge is 0.493 e. The molecule has 9 heteroatoms. The summed E-state index contributed by atoms with van der Waals surface area (Å²) in [4.78, 5) is 16.9. The topological polar surface area (TPSA) is 76.2 Å². The van der Waals surface area contributed by atoms with Gasteiger partial charge < -0.3 is 14.4 Å². The van der Waals surface area contributed by atoms with Gasteiger partial charge in [-0.25, -0.2) is 8.42 Å². The molecule has 0 bridgehead atoms. The van der Waals surface area contributed by atoms with Gasteiger partial charge in [0.1, 0.15) is 6.61 Å². The van der Waals surface area contributed by atoms with Gasteiger partial charge in [0.25, 0.3) is 0 Å². The molecule has 1 aliphatic rings. The van der Waals surface area contributed by atoms with E-state index in [1.807, 2.05) is 56.5 Å². The summed E-state index contributed by atoms with van der Waals surface area (Å²) in [6.45, 7) is 6.58. The lowest BCUT2D eigenvalue weighted by molar-refractivity contribution is -0.135. The molecule has 3 aromatic rings. The van der Waals surface area contributed by atoms with Crippen LogP contribution in [0.1, 0.15) is 35.9 Å². The van der Waals surface area contributed by atoms with Crippen LogP contribution in [0.25, 0.3) is 0 Å². The highest BCUT2D eigenvalue weighted by atomic mass is 32.2. The van der Waals surface area contributed by atoms with Crippen LogP contribution in [0, 0.1) is 12.8 Å². The van der Waals surface area contributed by atoms with E-state index in [-0.39, 0.29) is 42.5 Å². The summed E-state index contributed by atoms with van der Waals surface area (Å²) in [5.41, 5.74) is 2.03. The molecule has 2 aromatic carbocycles. The van der Waals surface area contributed by atoms with Gasteiger partial charge in [-0.3, -0.25) is 4.79 Å². The van der Waals surface area contributed by atoms with Gasteiger partial charge in [0.2, 0.25) is 15.9 Å². The summed E-state index contributed by atoms with van der Waals surface area (Å²) in [7, 11) is -2.25. The van der Waals surface area contributed by atoms with Gasteiger partial charge in [0.15, 0.2) is 11.5 Å². The number of hydrogen-bond acceptors (Lipinski definition) is 6. The third-order valence-electron chi connectivity index (χ3n) is 6.42. The van der Waals surface area contributed by atoms with Crippen molar-refractivity contribution in [3.05, 3.63) is 76.0 Å². The lowest BCUT2D eigenvalue weighted by atomic mass is 10.0. The van der Waals surface area contributed by atoms with E-state index in [1.54, 1.807) is 47.6 Å². The number of sulfonamides is 1. The van der Waals surface area contributed by atoms with E-state index in [0.717, 1.165) is 17.5 Å². The van der Waals surface area contributed by atoms with Gasteiger partial charge in [-0.2, -0.15) is 4.31 Å². The number of nitrogens with zero attached hydrogens (tertiary/aromatic N) is 2. The van der Waals surface area contributed by atoms with Crippen molar-refractivity contribution in [1.82, 2.24) is 9.21 Å². The van der Waals surface area contributed by atoms with Crippen molar-refractivity contribution in [2.24, 2.45) is 5.92 Å². The van der Waals surface area contributed by atoms with Crippen molar-refractivity contribution in [3.8, 4) is 11.5 Å². The maximum Gasteiger partial charge on any atom is 0.243 e. The maximum atomic E-state index is 13.7. The van der Waals surface area contributed by atoms with Crippen LogP contribution < -0.4 is 9.47 Å². The molecular formula is C28H34N2O5S2. The Kier molecular flexibility index (Phi) is 8.56. The van der Waals surface area contributed by atoms with Gasteiger partial charge in [-0.15, -0.1) is 11.3 Å². The van der Waals surface area contributed by atoms with Crippen molar-refractivity contribution in [3.63, 3.8) is 0 Å². The van der Waals surface area contributed by atoms with Crippen molar-refractivity contribution in [2.75, 3.05) is 33.4 Å². The first kappa shape index (κ1) is 27.2. The monoisotopic (exact) mass is 542 g/mol. The van der Waals surface area contributed by atoms with Gasteiger partial charge in [0, 0.05) is 18.0 Å². The second-order valence-electron chi connectivity index (χ2n) is 9.62. The third-order valence-corrected chi connectivity index (χ3v) is 9.24. The fourth-order valence-corrected chi connectivity index (χ4v) is 7.02. The summed E-state index contributed by atoms with van der Waals surface area (Å²) in [5, 5.41) is 2.03. The highest BCUT2D eigenvalue weighted by Gasteiger charge is 2.35. The molecule has 198 valence electrons. The van der Waals surface area contributed by atoms with Crippen LogP contribution in [0.4, 0.5) is 0 Å². The number of benzene rings is 2. The van der Waals surface area contributed by atoms with Crippen LogP contribution in [0.3, 0.4) is 0 Å². The normalized spacial score (nSPS) is 15.6. The smallest absolute Gasteiger partial charge is 0.243 e. The molecule has 0 fully saturated rings. The predicted molar refractivity (Wildman–Crippen MR) is 146 cm³/mol. The zero-order chi connectivity index (χ0) is 26.6. The standard InChI is InChI=1S/C28H34N2O5S2/c1-20(2)17-29(37(32,33)22-11-9-21(3)10-12-22)18-28(31)30-15-13-27-23(14-16-36-27)24(30)19-35-26-8-6-5-7-25(26)34-4/h5-12,14,16,20,24H,13,15,17-19H2,1-4H3/t24-/m0/s1. The summed E-state index contributed by atoms with van der Waals surface area (Å²) >= 11 is 1.67. The lowest BCUT2D eigenvalue weighted by Gasteiger charge is -2.37. The number of amides is 1. The van der Waals surface area contributed by atoms with Crippen molar-refractivity contribution in [1.29, 1.82) is 0 Å². The second-order valence-corrected chi connectivity index (χ2v) is 12.6. The molecule has 0 spiro atoms. The Morgan fingerprint density at radius 2 is 1.81 bits per heavy atom. The van der Waals surface area contributed by atoms with E-state index in [4.69, 9.17) is 9.47 Å². The first-order valence-corrected chi connectivity index (χ1v) is 14.7. The number of ether oxygens (including phenoxy) is 2. The minimum atomic E-state index is -3.84. The number of thiophene rings is 1. The molecule has 0 radical (unpaired) electrons. The molecule has 1 aromatic heterocycles. The number of para-hydroxylation sites is 2. The van der Waals surface area contributed by atoms with Crippen LogP contribution in [-0.4, -0.2) is 56.9 Å². The third kappa shape index (κ3) is 6.17. The van der Waals surface area contributed by atoms with Crippen LogP contribution in [0.15, 0.2) is 64.9 Å². The van der Waals surface area contributed by atoms with Crippen LogP contribution in [-0.2, 0) is 21.2 Å². The van der Waals surface area contributed by atoms with Crippen molar-refractivity contribution >= 4 is 27.3 Å². The van der Waals surface area contributed by atoms with E-state index in [9.17, 15) is 13.2 Å². The molecule has 1 aliphatic heterocycles. The molecule has 1 atom stereocenters. The molecule has 0 unspecified atom stereocenters. The number of methoxy groups -OCH3 is 1. The highest BCUT2D eigenvalue weighted by Crippen LogP contribution is 2.35. The number of carbonyl (C=O) groups is 1. The Labute approximate surface area is 223 Å². The maximum absolute atomic E-state index is 13.7. The number of carbonyl (C=O) groups excluding carboxylic acids is 1. The Morgan fingerprint density at radius 1 is 1.11 bits per heavy atom. The van der Waals surface area contributed by atoms with E-state index in [2.05, 4.69) is 0 Å². The molecule has 0 saturated heterocycles. The molecule has 0 saturated carbocycles. The number of aryl methyl sites for hydroxylation is 1. The summed E-state index contributed by atoms with van der Waals surface area (Å²) in [6, 6.07) is 15.9. The van der Waals surface area contributed by atoms with Crippen molar-refractivity contribution in [2.45, 2.75) is 38.1 Å². The molecule has 7 nitrogen and oxygen atoms in total. The molecule has 1 amide bonds. The van der Waals surface area contributed by atoms with E-state index in [1.165, 1.54) is 9.18 Å². The number of rotatable bonds is 10. The minimum absolute atomic E-state index is 0.0579. The zero-order valence-electron chi connectivity index (χ0n) is 21.7. The predicted octanol–water partition coefficient (Wildman–Crippen LogP) is 4.92. The fourth-order valence-electron chi connectivity index (χ4n) is 4.54. The average Bonchev–Trinajstić information content (AvgIpc) is 3.36. The van der Waals surface area contributed by atoms with Gasteiger partial charge in [0.05, 0.1) is 24.6 Å². The fraction of sp³-hybridized carbons (Fsp3) is 0.393. The molecule has 4 rings (SSSR count). The van der Waals surface area contributed by atoms with Crippen LogP contribution in [0.2, 0.25) is 0 Å². The van der Waals surface area contributed by atoms with Crippen LogP contribution >= 0.6 is 11.3 Å². The van der Waals surface area contributed by atoms with Crippen LogP contribution in [0.5, 0.6) is 11.5 Å². The first-order valence-electron chi connectivity index (χ1n) is 12.4. The lowest BCUT2D eigenvalue weighted by Crippen LogP contribution is -2.48. The number of hydrogen-bond donors (Lipinski definition) is 0. The molecule has 2 heterocycles. The average molecular weight is 543 g/mol. The molecule has 0 aliphatic carbocycles. The highest BCUT2D eigenvalue weighted by molar-refractivity contribution is 7.89. The number of fused-ring (bicyclic) bond motifs is 1. The van der Waals surface area contributed by atoms with Crippen molar-refractivity contribution < 1.29 is 22.7 Å². The molecule has 0 N–H and O–H groups in total. The Bertz CT molecular complexity index is 1320. The van der Waals surface area contributed by atoms with Gasteiger partial charge in [-0.1, -0.05) is 43.7 Å². The molecular weight excluding hydrogens is 508 g/mol. The Morgan fingerprint density at radius 3 is 2.49 bits per heavy atom. The quantitative estimate of drug-likeness (QED) is 0.364. The Balaban J connectivity index is 1.58. The SMILES string of the molecule is COc1ccccc1OC[C@H]1c2ccsc2CCN1C(=O)CN(CC(C)C)S(=O)(=O)c1ccc(C)cc1. The summed E-state index contributed by atoms with van der Waals surface area (Å²) < 4.78 is 39.9. The first-order chi connectivity index (χ1) is 17.7. The van der Waals surface area contributed by atoms with E-state index in [0.29, 0.717) is 18.0 Å². The Hall–Kier alpha value is -2.88. The van der Waals surface area contributed by atoms with E-state index < -0.39 is 10.0 Å².